The van der Waals surface area contributed by atoms with Gasteiger partial charge < -0.3 is 15.4 Å². The van der Waals surface area contributed by atoms with Crippen LogP contribution in [0.25, 0.3) is 11.1 Å². The number of halogens is 1. The molecule has 178 valence electrons. The van der Waals surface area contributed by atoms with E-state index in [-0.39, 0.29) is 30.5 Å². The third-order valence-electron chi connectivity index (χ3n) is 5.23. The molecule has 1 fully saturated rings. The molecule has 0 saturated carbocycles. The zero-order valence-corrected chi connectivity index (χ0v) is 20.4. The maximum atomic E-state index is 12.8. The molecule has 2 aromatic rings. The van der Waals surface area contributed by atoms with Gasteiger partial charge in [0.05, 0.1) is 19.7 Å². The Morgan fingerprint density at radius 1 is 1.00 bits per heavy atom. The van der Waals surface area contributed by atoms with Gasteiger partial charge in [-0.15, -0.1) is 11.3 Å². The van der Waals surface area contributed by atoms with E-state index in [2.05, 4.69) is 15.5 Å². The van der Waals surface area contributed by atoms with Crippen molar-refractivity contribution >= 4 is 45.7 Å². The van der Waals surface area contributed by atoms with Crippen LogP contribution in [0.3, 0.4) is 0 Å². The third kappa shape index (κ3) is 6.77. The van der Waals surface area contributed by atoms with E-state index in [1.54, 1.807) is 6.92 Å². The van der Waals surface area contributed by atoms with Crippen molar-refractivity contribution in [3.63, 3.8) is 0 Å². The van der Waals surface area contributed by atoms with Crippen LogP contribution < -0.4 is 10.6 Å². The average molecular weight is 493 g/mol. The number of likely N-dealkylation sites (N-methyl/N-ethyl adjacent to an activating group) is 1. The number of esters is 1. The van der Waals surface area contributed by atoms with Crippen LogP contribution in [0, 0.1) is 0 Å². The van der Waals surface area contributed by atoms with E-state index in [1.165, 1.54) is 0 Å². The maximum Gasteiger partial charge on any atom is 0.341 e. The number of rotatable bonds is 9. The topological polar surface area (TPSA) is 91.0 Å². The van der Waals surface area contributed by atoms with Crippen LogP contribution in [0.2, 0.25) is 4.34 Å². The van der Waals surface area contributed by atoms with Gasteiger partial charge in [0.25, 0.3) is 0 Å². The van der Waals surface area contributed by atoms with E-state index in [1.807, 2.05) is 42.2 Å². The number of nitrogens with zero attached hydrogens (tertiary/aromatic N) is 2. The Bertz CT molecular complexity index is 974. The Morgan fingerprint density at radius 3 is 2.18 bits per heavy atom. The summed E-state index contributed by atoms with van der Waals surface area (Å²) in [4.78, 5) is 41.4. The number of hydrogen-bond donors (Lipinski definition) is 2. The first-order valence-corrected chi connectivity index (χ1v) is 12.2. The molecule has 2 amide bonds. The van der Waals surface area contributed by atoms with Gasteiger partial charge in [-0.25, -0.2) is 4.79 Å². The van der Waals surface area contributed by atoms with Crippen LogP contribution in [0.5, 0.6) is 0 Å². The highest BCUT2D eigenvalue weighted by Crippen LogP contribution is 2.43. The van der Waals surface area contributed by atoms with E-state index in [0.29, 0.717) is 54.2 Å². The second-order valence-electron chi connectivity index (χ2n) is 7.60. The van der Waals surface area contributed by atoms with E-state index in [9.17, 15) is 14.4 Å². The minimum Gasteiger partial charge on any atom is -0.462 e. The average Bonchev–Trinajstić information content (AvgIpc) is 3.11. The van der Waals surface area contributed by atoms with Gasteiger partial charge in [-0.3, -0.25) is 19.4 Å². The lowest BCUT2D eigenvalue weighted by Gasteiger charge is -2.33. The quantitative estimate of drug-likeness (QED) is 0.523. The standard InChI is InChI=1S/C23H29ClN4O4S/c1-3-25-17(29)14-27-10-12-28(13-11-27)15-18(30)26-22-20(23(31)32-4-2)19(21(24)33-22)16-8-6-5-7-9-16/h5-9H,3-4,10-15H2,1-2H3,(H,25,29)(H,26,30). The first-order valence-electron chi connectivity index (χ1n) is 11.0. The number of piperazine rings is 1. The number of ether oxygens (including phenoxy) is 1. The highest BCUT2D eigenvalue weighted by Gasteiger charge is 2.27. The van der Waals surface area contributed by atoms with Crippen molar-refractivity contribution in [1.29, 1.82) is 0 Å². The van der Waals surface area contributed by atoms with Crippen LogP contribution in [0.1, 0.15) is 24.2 Å². The smallest absolute Gasteiger partial charge is 0.341 e. The Morgan fingerprint density at radius 2 is 1.61 bits per heavy atom. The molecule has 0 aliphatic carbocycles. The summed E-state index contributed by atoms with van der Waals surface area (Å²) < 4.78 is 5.66. The van der Waals surface area contributed by atoms with E-state index >= 15 is 0 Å². The number of carbonyl (C=O) groups excluding carboxylic acids is 3. The van der Waals surface area contributed by atoms with E-state index in [0.717, 1.165) is 16.9 Å². The van der Waals surface area contributed by atoms with Crippen molar-refractivity contribution in [2.75, 3.05) is 57.7 Å². The maximum absolute atomic E-state index is 12.8. The van der Waals surface area contributed by atoms with Gasteiger partial charge >= 0.3 is 5.97 Å². The number of benzene rings is 1. The monoisotopic (exact) mass is 492 g/mol. The summed E-state index contributed by atoms with van der Waals surface area (Å²) in [5.41, 5.74) is 1.62. The molecule has 0 atom stereocenters. The summed E-state index contributed by atoms with van der Waals surface area (Å²) in [6.07, 6.45) is 0. The summed E-state index contributed by atoms with van der Waals surface area (Å²) in [6.45, 7) is 7.79. The number of thiophene rings is 1. The fourth-order valence-electron chi connectivity index (χ4n) is 3.68. The zero-order valence-electron chi connectivity index (χ0n) is 18.9. The molecule has 0 unspecified atom stereocenters. The minimum atomic E-state index is -0.520. The Balaban J connectivity index is 1.66. The van der Waals surface area contributed by atoms with E-state index in [4.69, 9.17) is 16.3 Å². The van der Waals surface area contributed by atoms with Crippen molar-refractivity contribution in [3.8, 4) is 11.1 Å². The molecule has 3 rings (SSSR count). The van der Waals surface area contributed by atoms with Crippen LogP contribution >= 0.6 is 22.9 Å². The van der Waals surface area contributed by atoms with Crippen molar-refractivity contribution in [3.05, 3.63) is 40.2 Å². The predicted octanol–water partition coefficient (Wildman–Crippen LogP) is 2.94. The lowest BCUT2D eigenvalue weighted by molar-refractivity contribution is -0.123. The Labute approximate surface area is 202 Å². The first-order chi connectivity index (χ1) is 15.9. The summed E-state index contributed by atoms with van der Waals surface area (Å²) >= 11 is 7.65. The number of anilines is 1. The summed E-state index contributed by atoms with van der Waals surface area (Å²) in [5, 5.41) is 6.05. The molecule has 0 spiro atoms. The molecule has 0 bridgehead atoms. The Kier molecular flexibility index (Phi) is 9.25. The summed E-state index contributed by atoms with van der Waals surface area (Å²) in [6, 6.07) is 9.33. The zero-order chi connectivity index (χ0) is 23.8. The fourth-order valence-corrected chi connectivity index (χ4v) is 5.07. The van der Waals surface area contributed by atoms with Crippen LogP contribution in [-0.4, -0.2) is 80.0 Å². The molecule has 2 heterocycles. The Hall–Kier alpha value is -2.46. The largest absolute Gasteiger partial charge is 0.462 e. The molecule has 2 N–H and O–H groups in total. The fraction of sp³-hybridized carbons (Fsp3) is 0.435. The second kappa shape index (κ2) is 12.1. The molecule has 1 saturated heterocycles. The van der Waals surface area contributed by atoms with Gasteiger partial charge in [-0.05, 0) is 19.4 Å². The molecule has 10 heteroatoms. The first kappa shape index (κ1) is 25.2. The molecule has 1 aromatic carbocycles. The highest BCUT2D eigenvalue weighted by atomic mass is 35.5. The van der Waals surface area contributed by atoms with Gasteiger partial charge in [-0.1, -0.05) is 41.9 Å². The highest BCUT2D eigenvalue weighted by molar-refractivity contribution is 7.21. The van der Waals surface area contributed by atoms with Gasteiger partial charge in [-0.2, -0.15) is 0 Å². The van der Waals surface area contributed by atoms with Gasteiger partial charge in [0.1, 0.15) is 14.9 Å². The lowest BCUT2D eigenvalue weighted by atomic mass is 10.0. The molecule has 1 aliphatic rings. The van der Waals surface area contributed by atoms with Crippen LogP contribution in [0.15, 0.2) is 30.3 Å². The van der Waals surface area contributed by atoms with Crippen LogP contribution in [-0.2, 0) is 14.3 Å². The van der Waals surface area contributed by atoms with Crippen LogP contribution in [0.4, 0.5) is 5.00 Å². The lowest BCUT2D eigenvalue weighted by Crippen LogP contribution is -2.51. The number of carbonyl (C=O) groups is 3. The van der Waals surface area contributed by atoms with Crippen molar-refractivity contribution in [2.45, 2.75) is 13.8 Å². The molecular weight excluding hydrogens is 464 g/mol. The normalized spacial score (nSPS) is 14.6. The number of nitrogens with one attached hydrogen (secondary N) is 2. The molecule has 1 aliphatic heterocycles. The SMILES string of the molecule is CCNC(=O)CN1CCN(CC(=O)Nc2sc(Cl)c(-c3ccccc3)c2C(=O)OCC)CC1. The van der Waals surface area contributed by atoms with E-state index < -0.39 is 5.97 Å². The van der Waals surface area contributed by atoms with Crippen molar-refractivity contribution < 1.29 is 19.1 Å². The van der Waals surface area contributed by atoms with Gasteiger partial charge in [0.2, 0.25) is 11.8 Å². The number of amides is 2. The summed E-state index contributed by atoms with van der Waals surface area (Å²) in [7, 11) is 0. The molecular formula is C23H29ClN4O4S. The number of hydrogen-bond acceptors (Lipinski definition) is 7. The third-order valence-corrected chi connectivity index (χ3v) is 6.55. The van der Waals surface area contributed by atoms with Gasteiger partial charge in [0.15, 0.2) is 0 Å². The predicted molar refractivity (Wildman–Crippen MR) is 131 cm³/mol. The van der Waals surface area contributed by atoms with Crippen molar-refractivity contribution in [1.82, 2.24) is 15.1 Å². The summed E-state index contributed by atoms with van der Waals surface area (Å²) in [5.74, 6) is -0.733. The molecule has 1 aromatic heterocycles. The second-order valence-corrected chi connectivity index (χ2v) is 9.22. The van der Waals surface area contributed by atoms with Crippen molar-refractivity contribution in [2.24, 2.45) is 0 Å². The minimum absolute atomic E-state index is 0.0129. The molecule has 0 radical (unpaired) electrons. The molecule has 8 nitrogen and oxygen atoms in total. The molecule has 33 heavy (non-hydrogen) atoms. The van der Waals surface area contributed by atoms with Gasteiger partial charge in [0, 0.05) is 38.3 Å².